The topological polar surface area (TPSA) is 123 Å². The van der Waals surface area contributed by atoms with Crippen molar-refractivity contribution in [3.63, 3.8) is 0 Å². The summed E-state index contributed by atoms with van der Waals surface area (Å²) in [5.41, 5.74) is 8.95. The third kappa shape index (κ3) is 6.23. The van der Waals surface area contributed by atoms with Crippen LogP contribution in [0.1, 0.15) is 31.8 Å². The lowest BCUT2D eigenvalue weighted by Gasteiger charge is -2.21. The highest BCUT2D eigenvalue weighted by Crippen LogP contribution is 2.29. The van der Waals surface area contributed by atoms with Gasteiger partial charge < -0.3 is 29.0 Å². The zero-order valence-electron chi connectivity index (χ0n) is 27.2. The van der Waals surface area contributed by atoms with Gasteiger partial charge in [-0.05, 0) is 61.4 Å². The van der Waals surface area contributed by atoms with Gasteiger partial charge >= 0.3 is 5.97 Å². The van der Waals surface area contributed by atoms with Crippen LogP contribution in [0.15, 0.2) is 73.6 Å². The lowest BCUT2D eigenvalue weighted by molar-refractivity contribution is 0.0600. The minimum absolute atomic E-state index is 0.0864. The van der Waals surface area contributed by atoms with Crippen LogP contribution in [0, 0.1) is 13.8 Å². The molecule has 46 heavy (non-hydrogen) atoms. The van der Waals surface area contributed by atoms with Crippen molar-refractivity contribution >= 4 is 57.0 Å². The molecule has 0 saturated heterocycles. The lowest BCUT2D eigenvalue weighted by atomic mass is 10.1. The Bertz CT molecular complexity index is 1920. The summed E-state index contributed by atoms with van der Waals surface area (Å²) in [6, 6.07) is 15.1. The average Bonchev–Trinajstić information content (AvgIpc) is 3.64. The fourth-order valence-corrected chi connectivity index (χ4v) is 5.25. The predicted molar refractivity (Wildman–Crippen MR) is 180 cm³/mol. The average molecular weight is 620 g/mol. The number of nitrogens with one attached hydrogen (secondary N) is 1. The third-order valence-electron chi connectivity index (χ3n) is 7.91. The minimum atomic E-state index is -0.336. The number of fused-ring (bicyclic) bond motifs is 2. The zero-order chi connectivity index (χ0) is 33.1. The van der Waals surface area contributed by atoms with E-state index in [9.17, 15) is 9.59 Å². The summed E-state index contributed by atoms with van der Waals surface area (Å²) in [5.74, 6) is 1.22. The van der Waals surface area contributed by atoms with E-state index in [0.29, 0.717) is 11.1 Å². The van der Waals surface area contributed by atoms with Crippen molar-refractivity contribution in [2.45, 2.75) is 13.8 Å². The van der Waals surface area contributed by atoms with Gasteiger partial charge in [-0.1, -0.05) is 0 Å². The van der Waals surface area contributed by atoms with E-state index in [2.05, 4.69) is 25.3 Å². The van der Waals surface area contributed by atoms with Crippen molar-refractivity contribution < 1.29 is 14.3 Å². The number of ether oxygens (including phenoxy) is 1. The molecule has 12 heteroatoms. The van der Waals surface area contributed by atoms with E-state index in [1.54, 1.807) is 38.2 Å². The quantitative estimate of drug-likeness (QED) is 0.250. The molecule has 0 unspecified atom stereocenters. The molecule has 0 spiro atoms. The Balaban J connectivity index is 0.000000181. The van der Waals surface area contributed by atoms with E-state index in [0.717, 1.165) is 56.2 Å². The van der Waals surface area contributed by atoms with Crippen LogP contribution < -0.4 is 15.1 Å². The molecule has 0 saturated carbocycles. The van der Waals surface area contributed by atoms with Gasteiger partial charge in [0, 0.05) is 64.3 Å². The van der Waals surface area contributed by atoms with E-state index in [1.807, 2.05) is 103 Å². The van der Waals surface area contributed by atoms with E-state index < -0.39 is 0 Å². The Morgan fingerprint density at radius 1 is 0.717 bits per heavy atom. The molecule has 0 radical (unpaired) electrons. The van der Waals surface area contributed by atoms with Gasteiger partial charge in [0.2, 0.25) is 0 Å². The molecule has 0 aliphatic rings. The summed E-state index contributed by atoms with van der Waals surface area (Å²) in [4.78, 5) is 44.9. The number of hydrogen-bond acceptors (Lipinski definition) is 9. The number of nitrogens with zero attached hydrogens (tertiary/aromatic N) is 8. The molecule has 0 bridgehead atoms. The number of imidazole rings is 2. The monoisotopic (exact) mass is 619 g/mol. The minimum Gasteiger partial charge on any atom is -0.465 e. The number of hydrogen-bond donors (Lipinski definition) is 1. The molecule has 0 aliphatic carbocycles. The number of carbonyl (C=O) groups is 2. The number of carbonyl (C=O) groups excluding carboxylic acids is 2. The Kier molecular flexibility index (Phi) is 8.99. The fourth-order valence-electron chi connectivity index (χ4n) is 5.25. The van der Waals surface area contributed by atoms with Crippen molar-refractivity contribution in [2.24, 2.45) is 14.1 Å². The van der Waals surface area contributed by atoms with Crippen LogP contribution in [-0.2, 0) is 18.8 Å². The number of aryl methyl sites for hydroxylation is 4. The fraction of sp³-hybridized carbons (Fsp3) is 0.235. The SMILES string of the molecule is CNC(=O)c1ccc(N(C)c2cc3c(cn2)ncn3C)c(C)c1.COC(=O)c1ccc(N(C)c2cc3c(cn2)ncn3C)c(C)c1. The molecule has 0 atom stereocenters. The summed E-state index contributed by atoms with van der Waals surface area (Å²) in [6.45, 7) is 3.95. The van der Waals surface area contributed by atoms with Gasteiger partial charge in [0.25, 0.3) is 5.91 Å². The van der Waals surface area contributed by atoms with E-state index in [-0.39, 0.29) is 11.9 Å². The van der Waals surface area contributed by atoms with Gasteiger partial charge in [-0.2, -0.15) is 0 Å². The van der Waals surface area contributed by atoms with E-state index in [1.165, 1.54) is 7.11 Å². The highest BCUT2D eigenvalue weighted by Gasteiger charge is 2.15. The second-order valence-corrected chi connectivity index (χ2v) is 11.0. The second kappa shape index (κ2) is 13.1. The normalized spacial score (nSPS) is 10.8. The maximum absolute atomic E-state index is 11.7. The molecule has 12 nitrogen and oxygen atoms in total. The molecule has 4 heterocycles. The summed E-state index contributed by atoms with van der Waals surface area (Å²) >= 11 is 0. The van der Waals surface area contributed by atoms with Crippen LogP contribution >= 0.6 is 0 Å². The molecule has 6 rings (SSSR count). The van der Waals surface area contributed by atoms with Crippen molar-refractivity contribution in [2.75, 3.05) is 38.1 Å². The molecule has 4 aromatic heterocycles. The number of aromatic nitrogens is 6. The number of methoxy groups -OCH3 is 1. The highest BCUT2D eigenvalue weighted by molar-refractivity contribution is 5.95. The van der Waals surface area contributed by atoms with Gasteiger partial charge in [0.15, 0.2) is 0 Å². The first-order valence-corrected chi connectivity index (χ1v) is 14.6. The molecule has 6 aromatic rings. The molecule has 1 N–H and O–H groups in total. The van der Waals surface area contributed by atoms with Crippen LogP contribution in [0.4, 0.5) is 23.0 Å². The second-order valence-electron chi connectivity index (χ2n) is 11.0. The highest BCUT2D eigenvalue weighted by atomic mass is 16.5. The van der Waals surface area contributed by atoms with Crippen LogP contribution in [0.3, 0.4) is 0 Å². The molecule has 1 amide bonds. The van der Waals surface area contributed by atoms with Crippen LogP contribution in [0.25, 0.3) is 22.1 Å². The Morgan fingerprint density at radius 3 is 1.61 bits per heavy atom. The van der Waals surface area contributed by atoms with Crippen molar-refractivity contribution in [1.82, 2.24) is 34.4 Å². The summed E-state index contributed by atoms with van der Waals surface area (Å²) < 4.78 is 8.68. The molecular formula is C34H37N9O3. The van der Waals surface area contributed by atoms with Gasteiger partial charge in [-0.25, -0.2) is 24.7 Å². The molecule has 2 aromatic carbocycles. The van der Waals surface area contributed by atoms with Gasteiger partial charge in [0.1, 0.15) is 22.7 Å². The number of esters is 1. The first kappa shape index (κ1) is 31.6. The molecule has 0 aliphatic heterocycles. The first-order chi connectivity index (χ1) is 22.0. The number of anilines is 4. The zero-order valence-corrected chi connectivity index (χ0v) is 27.2. The van der Waals surface area contributed by atoms with Gasteiger partial charge in [0.05, 0.1) is 48.8 Å². The molecule has 0 fully saturated rings. The maximum atomic E-state index is 11.7. The standard InChI is InChI=1S/C17H19N5O.C17H18N4O2/c1-11-7-12(17(23)18-2)5-6-14(11)22(4)16-8-15-13(9-19-16)20-10-21(15)3;1-11-7-12(17(22)23-4)5-6-14(11)21(3)16-8-15-13(9-18-16)19-10-20(15)2/h5-10H,1-4H3,(H,18,23);5-10H,1-4H3. The van der Waals surface area contributed by atoms with E-state index in [4.69, 9.17) is 4.74 Å². The van der Waals surface area contributed by atoms with Gasteiger partial charge in [-0.15, -0.1) is 0 Å². The van der Waals surface area contributed by atoms with Crippen LogP contribution in [0.5, 0.6) is 0 Å². The third-order valence-corrected chi connectivity index (χ3v) is 7.91. The van der Waals surface area contributed by atoms with Crippen molar-refractivity contribution in [1.29, 1.82) is 0 Å². The summed E-state index contributed by atoms with van der Waals surface area (Å²) in [7, 11) is 10.8. The largest absolute Gasteiger partial charge is 0.465 e. The predicted octanol–water partition coefficient (Wildman–Crippen LogP) is 5.24. The molecule has 236 valence electrons. The Hall–Kier alpha value is -5.78. The Morgan fingerprint density at radius 2 is 1.17 bits per heavy atom. The maximum Gasteiger partial charge on any atom is 0.337 e. The number of rotatable bonds is 6. The number of pyridine rings is 2. The van der Waals surface area contributed by atoms with E-state index >= 15 is 0 Å². The van der Waals surface area contributed by atoms with Crippen LogP contribution in [-0.4, -0.2) is 69.2 Å². The van der Waals surface area contributed by atoms with Gasteiger partial charge in [-0.3, -0.25) is 4.79 Å². The first-order valence-electron chi connectivity index (χ1n) is 14.6. The summed E-state index contributed by atoms with van der Waals surface area (Å²) in [5, 5.41) is 2.64. The van der Waals surface area contributed by atoms with Crippen molar-refractivity contribution in [3.05, 3.63) is 95.8 Å². The lowest BCUT2D eigenvalue weighted by Crippen LogP contribution is -2.18. The molecular weight excluding hydrogens is 582 g/mol. The number of benzene rings is 2. The summed E-state index contributed by atoms with van der Waals surface area (Å²) in [6.07, 6.45) is 7.08. The number of amides is 1. The van der Waals surface area contributed by atoms with Crippen molar-refractivity contribution in [3.8, 4) is 0 Å². The smallest absolute Gasteiger partial charge is 0.337 e. The Labute approximate surface area is 267 Å². The van der Waals surface area contributed by atoms with Crippen LogP contribution in [0.2, 0.25) is 0 Å².